The summed E-state index contributed by atoms with van der Waals surface area (Å²) in [6, 6.07) is 5.89. The maximum absolute atomic E-state index is 8.89. The lowest BCUT2D eigenvalue weighted by molar-refractivity contribution is 0.282. The summed E-state index contributed by atoms with van der Waals surface area (Å²) in [7, 11) is 0. The minimum absolute atomic E-state index is 0.109. The highest BCUT2D eigenvalue weighted by Crippen LogP contribution is 2.25. The molecule has 0 saturated carbocycles. The number of aliphatic hydroxyl groups is 1. The second kappa shape index (κ2) is 2.77. The molecule has 1 heterocycles. The van der Waals surface area contributed by atoms with Crippen molar-refractivity contribution in [3.05, 3.63) is 29.3 Å². The van der Waals surface area contributed by atoms with Gasteiger partial charge in [0.25, 0.3) is 0 Å². The molecule has 1 aliphatic rings. The molecule has 1 aliphatic heterocycles. The number of aliphatic hydroxyl groups excluding tert-OH is 1. The van der Waals surface area contributed by atoms with Crippen LogP contribution in [0.3, 0.4) is 0 Å². The first-order valence-corrected chi connectivity index (χ1v) is 4.06. The van der Waals surface area contributed by atoms with Gasteiger partial charge in [-0.05, 0) is 23.6 Å². The maximum atomic E-state index is 8.89. The third-order valence-corrected chi connectivity index (χ3v) is 2.26. The molecule has 0 unspecified atom stereocenters. The Balaban J connectivity index is 2.41. The summed E-state index contributed by atoms with van der Waals surface area (Å²) >= 11 is 0. The summed E-state index contributed by atoms with van der Waals surface area (Å²) in [5, 5.41) is 10.6. The lowest BCUT2D eigenvalue weighted by Gasteiger charge is -2.10. The Labute approximate surface area is 71.4 Å². The van der Waals surface area contributed by atoms with E-state index in [4.69, 9.17) is 10.9 Å². The summed E-state index contributed by atoms with van der Waals surface area (Å²) in [4.78, 5) is 0. The van der Waals surface area contributed by atoms with E-state index in [0.717, 1.165) is 24.2 Å². The van der Waals surface area contributed by atoms with E-state index in [9.17, 15) is 0 Å². The lowest BCUT2D eigenvalue weighted by atomic mass is 10.1. The molecule has 12 heavy (non-hydrogen) atoms. The molecular formula is C9H12N2O. The zero-order chi connectivity index (χ0) is 8.55. The predicted octanol–water partition coefficient (Wildman–Crippen LogP) is 0.415. The van der Waals surface area contributed by atoms with Crippen LogP contribution in [0.2, 0.25) is 0 Å². The van der Waals surface area contributed by atoms with Gasteiger partial charge in [0.1, 0.15) is 0 Å². The molecule has 0 aromatic heterocycles. The zero-order valence-corrected chi connectivity index (χ0v) is 6.83. The van der Waals surface area contributed by atoms with Crippen molar-refractivity contribution < 1.29 is 5.11 Å². The van der Waals surface area contributed by atoms with Gasteiger partial charge in [-0.2, -0.15) is 0 Å². The molecule has 0 radical (unpaired) electrons. The molecular weight excluding hydrogens is 152 g/mol. The molecule has 2 rings (SSSR count). The molecule has 3 N–H and O–H groups in total. The minimum atomic E-state index is 0.109. The first kappa shape index (κ1) is 7.58. The summed E-state index contributed by atoms with van der Waals surface area (Å²) in [6.07, 6.45) is 0.986. The molecule has 0 aliphatic carbocycles. The second-order valence-corrected chi connectivity index (χ2v) is 3.06. The number of hydrazine groups is 1. The van der Waals surface area contributed by atoms with Crippen LogP contribution >= 0.6 is 0 Å². The van der Waals surface area contributed by atoms with E-state index in [-0.39, 0.29) is 6.61 Å². The average molecular weight is 164 g/mol. The molecule has 3 nitrogen and oxygen atoms in total. The standard InChI is InChI=1S/C9H12N2O/c10-11-4-3-8-5-7(6-12)1-2-9(8)11/h1-2,5,12H,3-4,6,10H2. The van der Waals surface area contributed by atoms with Crippen molar-refractivity contribution in [3.8, 4) is 0 Å². The van der Waals surface area contributed by atoms with E-state index in [1.165, 1.54) is 5.56 Å². The molecule has 0 saturated heterocycles. The largest absolute Gasteiger partial charge is 0.392 e. The average Bonchev–Trinajstić information content (AvgIpc) is 2.47. The van der Waals surface area contributed by atoms with Gasteiger partial charge in [0.15, 0.2) is 0 Å². The number of nitrogens with two attached hydrogens (primary N) is 1. The van der Waals surface area contributed by atoms with Crippen molar-refractivity contribution >= 4 is 5.69 Å². The monoisotopic (exact) mass is 164 g/mol. The summed E-state index contributed by atoms with van der Waals surface area (Å²) < 4.78 is 0. The number of hydrogen-bond donors (Lipinski definition) is 2. The van der Waals surface area contributed by atoms with E-state index in [2.05, 4.69) is 0 Å². The quantitative estimate of drug-likeness (QED) is 0.591. The van der Waals surface area contributed by atoms with Crippen LogP contribution in [0.1, 0.15) is 11.1 Å². The van der Waals surface area contributed by atoms with Gasteiger partial charge >= 0.3 is 0 Å². The van der Waals surface area contributed by atoms with Gasteiger partial charge in [-0.25, -0.2) is 5.84 Å². The third-order valence-electron chi connectivity index (χ3n) is 2.26. The van der Waals surface area contributed by atoms with Crippen LogP contribution in [0.4, 0.5) is 5.69 Å². The summed E-state index contributed by atoms with van der Waals surface area (Å²) in [5.41, 5.74) is 3.29. The SMILES string of the molecule is NN1CCc2cc(CO)ccc21. The normalized spacial score (nSPS) is 15.0. The van der Waals surface area contributed by atoms with Crippen LogP contribution < -0.4 is 10.9 Å². The smallest absolute Gasteiger partial charge is 0.0681 e. The van der Waals surface area contributed by atoms with Gasteiger partial charge in [0.05, 0.1) is 12.3 Å². The fraction of sp³-hybridized carbons (Fsp3) is 0.333. The highest BCUT2D eigenvalue weighted by atomic mass is 16.3. The van der Waals surface area contributed by atoms with E-state index in [1.807, 2.05) is 18.2 Å². The number of nitrogens with zero attached hydrogens (tertiary/aromatic N) is 1. The van der Waals surface area contributed by atoms with Gasteiger partial charge in [-0.15, -0.1) is 0 Å². The van der Waals surface area contributed by atoms with Crippen LogP contribution in [-0.4, -0.2) is 11.7 Å². The first-order valence-electron chi connectivity index (χ1n) is 4.06. The number of hydrogen-bond acceptors (Lipinski definition) is 3. The van der Waals surface area contributed by atoms with Crippen LogP contribution in [0.25, 0.3) is 0 Å². The Morgan fingerprint density at radius 3 is 3.08 bits per heavy atom. The van der Waals surface area contributed by atoms with Crippen LogP contribution in [0, 0.1) is 0 Å². The molecule has 0 atom stereocenters. The molecule has 64 valence electrons. The fourth-order valence-electron chi connectivity index (χ4n) is 1.58. The summed E-state index contributed by atoms with van der Waals surface area (Å²) in [5.74, 6) is 5.71. The molecule has 0 bridgehead atoms. The van der Waals surface area contributed by atoms with Crippen molar-refractivity contribution in [1.82, 2.24) is 0 Å². The van der Waals surface area contributed by atoms with E-state index in [0.29, 0.717) is 0 Å². The Morgan fingerprint density at radius 1 is 1.50 bits per heavy atom. The number of rotatable bonds is 1. The topological polar surface area (TPSA) is 49.5 Å². The van der Waals surface area contributed by atoms with Crippen molar-refractivity contribution in [2.24, 2.45) is 5.84 Å². The lowest BCUT2D eigenvalue weighted by Crippen LogP contribution is -2.27. The Morgan fingerprint density at radius 2 is 2.33 bits per heavy atom. The number of benzene rings is 1. The number of fused-ring (bicyclic) bond motifs is 1. The van der Waals surface area contributed by atoms with Crippen LogP contribution in [0.5, 0.6) is 0 Å². The minimum Gasteiger partial charge on any atom is -0.392 e. The number of anilines is 1. The third kappa shape index (κ3) is 1.07. The Kier molecular flexibility index (Phi) is 1.75. The van der Waals surface area contributed by atoms with Gasteiger partial charge in [-0.1, -0.05) is 12.1 Å². The molecule has 1 aromatic rings. The maximum Gasteiger partial charge on any atom is 0.0681 e. The van der Waals surface area contributed by atoms with E-state index < -0.39 is 0 Å². The highest BCUT2D eigenvalue weighted by Gasteiger charge is 2.15. The Bertz CT molecular complexity index is 299. The van der Waals surface area contributed by atoms with Crippen molar-refractivity contribution in [2.45, 2.75) is 13.0 Å². The fourth-order valence-corrected chi connectivity index (χ4v) is 1.58. The zero-order valence-electron chi connectivity index (χ0n) is 6.83. The summed E-state index contributed by atoms with van der Waals surface area (Å²) in [6.45, 7) is 0.988. The molecule has 0 amide bonds. The van der Waals surface area contributed by atoms with Crippen LogP contribution in [0.15, 0.2) is 18.2 Å². The molecule has 3 heteroatoms. The van der Waals surface area contributed by atoms with Gasteiger partial charge in [-0.3, -0.25) is 0 Å². The molecule has 0 fully saturated rings. The molecule has 0 spiro atoms. The van der Waals surface area contributed by atoms with Gasteiger partial charge < -0.3 is 10.1 Å². The van der Waals surface area contributed by atoms with Gasteiger partial charge in [0, 0.05) is 6.54 Å². The van der Waals surface area contributed by atoms with Crippen LogP contribution in [-0.2, 0) is 13.0 Å². The second-order valence-electron chi connectivity index (χ2n) is 3.06. The van der Waals surface area contributed by atoms with E-state index >= 15 is 0 Å². The van der Waals surface area contributed by atoms with Gasteiger partial charge in [0.2, 0.25) is 0 Å². The van der Waals surface area contributed by atoms with E-state index in [1.54, 1.807) is 5.01 Å². The Hall–Kier alpha value is -1.06. The molecule has 1 aromatic carbocycles. The predicted molar refractivity (Wildman–Crippen MR) is 47.6 cm³/mol. The van der Waals surface area contributed by atoms with Crippen molar-refractivity contribution in [1.29, 1.82) is 0 Å². The van der Waals surface area contributed by atoms with Crippen molar-refractivity contribution in [2.75, 3.05) is 11.6 Å². The van der Waals surface area contributed by atoms with Crippen molar-refractivity contribution in [3.63, 3.8) is 0 Å². The first-order chi connectivity index (χ1) is 5.81. The highest BCUT2D eigenvalue weighted by molar-refractivity contribution is 5.57.